The number of benzene rings is 1. The van der Waals surface area contributed by atoms with E-state index in [1.165, 1.54) is 0 Å². The molecular weight excluding hydrogens is 266 g/mol. The van der Waals surface area contributed by atoms with Gasteiger partial charge in [-0.25, -0.2) is 0 Å². The van der Waals surface area contributed by atoms with E-state index in [1.54, 1.807) is 0 Å². The molecular formula is C16H21N3O2. The van der Waals surface area contributed by atoms with E-state index < -0.39 is 0 Å². The third-order valence-corrected chi connectivity index (χ3v) is 4.41. The summed E-state index contributed by atoms with van der Waals surface area (Å²) in [4.78, 5) is 14.3. The van der Waals surface area contributed by atoms with Gasteiger partial charge < -0.3 is 15.2 Å². The van der Waals surface area contributed by atoms with Crippen LogP contribution in [-0.4, -0.2) is 35.1 Å². The van der Waals surface area contributed by atoms with Crippen LogP contribution in [0.15, 0.2) is 28.8 Å². The van der Waals surface area contributed by atoms with E-state index >= 15 is 0 Å². The van der Waals surface area contributed by atoms with E-state index in [0.29, 0.717) is 12.3 Å². The summed E-state index contributed by atoms with van der Waals surface area (Å²) in [6.45, 7) is 3.63. The minimum absolute atomic E-state index is 0.122. The highest BCUT2D eigenvalue weighted by molar-refractivity contribution is 5.86. The van der Waals surface area contributed by atoms with Gasteiger partial charge in [0.1, 0.15) is 5.69 Å². The van der Waals surface area contributed by atoms with Crippen molar-refractivity contribution in [2.75, 3.05) is 13.1 Å². The van der Waals surface area contributed by atoms with Gasteiger partial charge in [0.2, 0.25) is 5.91 Å². The van der Waals surface area contributed by atoms with Crippen LogP contribution in [0.5, 0.6) is 0 Å². The zero-order valence-electron chi connectivity index (χ0n) is 12.3. The van der Waals surface area contributed by atoms with E-state index in [9.17, 15) is 4.79 Å². The first-order chi connectivity index (χ1) is 10.1. The minimum Gasteiger partial charge on any atom is -0.356 e. The molecule has 0 aliphatic carbocycles. The number of piperidine rings is 1. The molecule has 5 nitrogen and oxygen atoms in total. The van der Waals surface area contributed by atoms with Crippen molar-refractivity contribution in [2.24, 2.45) is 11.7 Å². The van der Waals surface area contributed by atoms with E-state index in [4.69, 9.17) is 10.3 Å². The predicted molar refractivity (Wildman–Crippen MR) is 80.7 cm³/mol. The molecule has 0 saturated carbocycles. The van der Waals surface area contributed by atoms with E-state index in [-0.39, 0.29) is 11.9 Å². The number of fused-ring (bicyclic) bond motifs is 1. The van der Waals surface area contributed by atoms with Gasteiger partial charge in [0, 0.05) is 24.5 Å². The third kappa shape index (κ3) is 2.93. The van der Waals surface area contributed by atoms with Crippen LogP contribution in [0.3, 0.4) is 0 Å². The van der Waals surface area contributed by atoms with Crippen LogP contribution in [-0.2, 0) is 11.2 Å². The zero-order valence-corrected chi connectivity index (χ0v) is 12.3. The molecule has 2 aromatic rings. The number of hydrogen-bond donors (Lipinski definition) is 1. The highest BCUT2D eigenvalue weighted by Crippen LogP contribution is 2.22. The van der Waals surface area contributed by atoms with E-state index in [0.717, 1.165) is 42.6 Å². The molecule has 1 aliphatic heterocycles. The second kappa shape index (κ2) is 5.85. The molecule has 0 spiro atoms. The number of para-hydroxylation sites is 1. The van der Waals surface area contributed by atoms with Crippen molar-refractivity contribution in [3.63, 3.8) is 0 Å². The molecule has 0 radical (unpaired) electrons. The Morgan fingerprint density at radius 2 is 2.14 bits per heavy atom. The van der Waals surface area contributed by atoms with Gasteiger partial charge in [-0.3, -0.25) is 4.79 Å². The number of carbonyl (C=O) groups is 1. The average molecular weight is 287 g/mol. The summed E-state index contributed by atoms with van der Waals surface area (Å²) < 4.78 is 5.25. The van der Waals surface area contributed by atoms with Gasteiger partial charge >= 0.3 is 0 Å². The molecule has 1 aliphatic rings. The first-order valence-electron chi connectivity index (χ1n) is 7.52. The van der Waals surface area contributed by atoms with Crippen LogP contribution in [0.4, 0.5) is 0 Å². The Balaban J connectivity index is 1.65. The fourth-order valence-corrected chi connectivity index (χ4v) is 3.00. The Kier molecular flexibility index (Phi) is 3.92. The molecule has 1 aromatic heterocycles. The standard InChI is InChI=1S/C16H21N3O2/c1-11(17)12-6-8-19(9-7-12)16(20)10-14-13-4-2-3-5-15(13)21-18-14/h2-5,11-12H,6-10,17H2,1H3. The molecule has 21 heavy (non-hydrogen) atoms. The second-order valence-corrected chi connectivity index (χ2v) is 5.88. The lowest BCUT2D eigenvalue weighted by Crippen LogP contribution is -2.43. The maximum atomic E-state index is 12.4. The lowest BCUT2D eigenvalue weighted by atomic mass is 9.91. The Morgan fingerprint density at radius 3 is 2.86 bits per heavy atom. The number of likely N-dealkylation sites (tertiary alicyclic amines) is 1. The number of rotatable bonds is 3. The summed E-state index contributed by atoms with van der Waals surface area (Å²) in [6, 6.07) is 7.85. The van der Waals surface area contributed by atoms with Crippen molar-refractivity contribution >= 4 is 16.9 Å². The summed E-state index contributed by atoms with van der Waals surface area (Å²) in [5.74, 6) is 0.652. The molecule has 3 rings (SSSR count). The molecule has 0 bridgehead atoms. The van der Waals surface area contributed by atoms with Gasteiger partial charge in [0.25, 0.3) is 0 Å². The van der Waals surface area contributed by atoms with Crippen LogP contribution < -0.4 is 5.73 Å². The topological polar surface area (TPSA) is 72.4 Å². The average Bonchev–Trinajstić information content (AvgIpc) is 2.91. The lowest BCUT2D eigenvalue weighted by Gasteiger charge is -2.33. The van der Waals surface area contributed by atoms with Crippen molar-refractivity contribution in [1.29, 1.82) is 0 Å². The molecule has 1 atom stereocenters. The smallest absolute Gasteiger partial charge is 0.228 e. The molecule has 2 heterocycles. The Hall–Kier alpha value is -1.88. The number of nitrogens with zero attached hydrogens (tertiary/aromatic N) is 2. The Bertz CT molecular complexity index is 627. The summed E-state index contributed by atoms with van der Waals surface area (Å²) in [7, 11) is 0. The van der Waals surface area contributed by atoms with Gasteiger partial charge in [-0.1, -0.05) is 17.3 Å². The van der Waals surface area contributed by atoms with Crippen molar-refractivity contribution in [3.05, 3.63) is 30.0 Å². The van der Waals surface area contributed by atoms with Crippen molar-refractivity contribution < 1.29 is 9.32 Å². The van der Waals surface area contributed by atoms with Crippen molar-refractivity contribution in [2.45, 2.75) is 32.2 Å². The SMILES string of the molecule is CC(N)C1CCN(C(=O)Cc2noc3ccccc23)CC1. The summed E-state index contributed by atoms with van der Waals surface area (Å²) in [5.41, 5.74) is 7.39. The molecule has 1 fully saturated rings. The summed E-state index contributed by atoms with van der Waals surface area (Å²) in [5, 5.41) is 4.96. The first kappa shape index (κ1) is 14.1. The van der Waals surface area contributed by atoms with E-state index in [2.05, 4.69) is 5.16 Å². The maximum absolute atomic E-state index is 12.4. The molecule has 2 N–H and O–H groups in total. The number of hydrogen-bond acceptors (Lipinski definition) is 4. The maximum Gasteiger partial charge on any atom is 0.228 e. The minimum atomic E-state index is 0.122. The molecule has 112 valence electrons. The van der Waals surface area contributed by atoms with Gasteiger partial charge in [-0.2, -0.15) is 0 Å². The molecule has 1 unspecified atom stereocenters. The number of nitrogens with two attached hydrogens (primary N) is 1. The zero-order chi connectivity index (χ0) is 14.8. The summed E-state index contributed by atoms with van der Waals surface area (Å²) >= 11 is 0. The number of amides is 1. The van der Waals surface area contributed by atoms with Crippen LogP contribution in [0.1, 0.15) is 25.5 Å². The van der Waals surface area contributed by atoms with Gasteiger partial charge in [-0.05, 0) is 37.8 Å². The Morgan fingerprint density at radius 1 is 1.43 bits per heavy atom. The van der Waals surface area contributed by atoms with Gasteiger partial charge in [0.05, 0.1) is 6.42 Å². The number of aromatic nitrogens is 1. The molecule has 5 heteroatoms. The predicted octanol–water partition coefficient (Wildman–Crippen LogP) is 1.96. The molecule has 1 amide bonds. The van der Waals surface area contributed by atoms with Crippen LogP contribution in [0.25, 0.3) is 11.0 Å². The van der Waals surface area contributed by atoms with Gasteiger partial charge in [0.15, 0.2) is 5.58 Å². The van der Waals surface area contributed by atoms with Crippen LogP contribution in [0, 0.1) is 5.92 Å². The third-order valence-electron chi connectivity index (χ3n) is 4.41. The monoisotopic (exact) mass is 287 g/mol. The second-order valence-electron chi connectivity index (χ2n) is 5.88. The van der Waals surface area contributed by atoms with Crippen LogP contribution in [0.2, 0.25) is 0 Å². The highest BCUT2D eigenvalue weighted by Gasteiger charge is 2.25. The van der Waals surface area contributed by atoms with Crippen molar-refractivity contribution in [1.82, 2.24) is 10.1 Å². The van der Waals surface area contributed by atoms with E-state index in [1.807, 2.05) is 36.1 Å². The quantitative estimate of drug-likeness (QED) is 0.936. The van der Waals surface area contributed by atoms with Gasteiger partial charge in [-0.15, -0.1) is 0 Å². The fraction of sp³-hybridized carbons (Fsp3) is 0.500. The fourth-order valence-electron chi connectivity index (χ4n) is 3.00. The number of carbonyl (C=O) groups excluding carboxylic acids is 1. The first-order valence-corrected chi connectivity index (χ1v) is 7.52. The molecule has 1 aromatic carbocycles. The van der Waals surface area contributed by atoms with Crippen molar-refractivity contribution in [3.8, 4) is 0 Å². The van der Waals surface area contributed by atoms with Crippen LogP contribution >= 0.6 is 0 Å². The highest BCUT2D eigenvalue weighted by atomic mass is 16.5. The lowest BCUT2D eigenvalue weighted by molar-refractivity contribution is -0.132. The Labute approximate surface area is 124 Å². The molecule has 1 saturated heterocycles. The largest absolute Gasteiger partial charge is 0.356 e. The normalized spacial score (nSPS) is 18.1. The summed E-state index contributed by atoms with van der Waals surface area (Å²) in [6.07, 6.45) is 2.28.